The van der Waals surface area contributed by atoms with Gasteiger partial charge in [-0.05, 0) is 48.7 Å². The van der Waals surface area contributed by atoms with Crippen molar-refractivity contribution in [3.63, 3.8) is 0 Å². The standard InChI is InChI=1S/C17H17Cl2NO2/c1-3-12-4-6-14(7-5-12)20-16(21)10-22-17-11(2)8-13(18)9-15(17)19/h4-9H,3,10H2,1-2H3,(H,20,21). The molecule has 1 amide bonds. The van der Waals surface area contributed by atoms with Crippen LogP contribution in [0.1, 0.15) is 18.1 Å². The van der Waals surface area contributed by atoms with Gasteiger partial charge < -0.3 is 10.1 Å². The Morgan fingerprint density at radius 1 is 1.18 bits per heavy atom. The number of carbonyl (C=O) groups is 1. The molecule has 22 heavy (non-hydrogen) atoms. The average Bonchev–Trinajstić information content (AvgIpc) is 2.47. The van der Waals surface area contributed by atoms with Crippen molar-refractivity contribution in [3.8, 4) is 5.75 Å². The van der Waals surface area contributed by atoms with Crippen LogP contribution in [0, 0.1) is 6.92 Å². The molecule has 2 rings (SSSR count). The third kappa shape index (κ3) is 4.39. The van der Waals surface area contributed by atoms with Crippen LogP contribution in [0.25, 0.3) is 0 Å². The van der Waals surface area contributed by atoms with E-state index in [9.17, 15) is 4.79 Å². The second-order valence-corrected chi connectivity index (χ2v) is 5.76. The molecular weight excluding hydrogens is 321 g/mol. The molecule has 5 heteroatoms. The lowest BCUT2D eigenvalue weighted by atomic mass is 10.1. The lowest BCUT2D eigenvalue weighted by Crippen LogP contribution is -2.20. The first-order valence-electron chi connectivity index (χ1n) is 6.97. The highest BCUT2D eigenvalue weighted by molar-refractivity contribution is 6.35. The average molecular weight is 338 g/mol. The molecular formula is C17H17Cl2NO2. The molecule has 0 fully saturated rings. The van der Waals surface area contributed by atoms with E-state index in [1.54, 1.807) is 12.1 Å². The van der Waals surface area contributed by atoms with E-state index in [-0.39, 0.29) is 12.5 Å². The Balaban J connectivity index is 1.95. The summed E-state index contributed by atoms with van der Waals surface area (Å²) in [4.78, 5) is 11.9. The number of nitrogens with one attached hydrogen (secondary N) is 1. The number of benzene rings is 2. The van der Waals surface area contributed by atoms with Crippen molar-refractivity contribution >= 4 is 34.8 Å². The van der Waals surface area contributed by atoms with Crippen LogP contribution in [0.15, 0.2) is 36.4 Å². The van der Waals surface area contributed by atoms with Crippen LogP contribution in [-0.4, -0.2) is 12.5 Å². The van der Waals surface area contributed by atoms with Crippen molar-refractivity contribution in [1.29, 1.82) is 0 Å². The summed E-state index contributed by atoms with van der Waals surface area (Å²) in [5.41, 5.74) is 2.75. The van der Waals surface area contributed by atoms with Crippen molar-refractivity contribution in [3.05, 3.63) is 57.6 Å². The Labute approximate surface area is 140 Å². The van der Waals surface area contributed by atoms with Crippen molar-refractivity contribution in [2.75, 3.05) is 11.9 Å². The number of ether oxygens (including phenoxy) is 1. The maximum absolute atomic E-state index is 11.9. The molecule has 0 heterocycles. The Hall–Kier alpha value is -1.71. The van der Waals surface area contributed by atoms with Gasteiger partial charge in [0.05, 0.1) is 5.02 Å². The first kappa shape index (κ1) is 16.7. The summed E-state index contributed by atoms with van der Waals surface area (Å²) in [5.74, 6) is 0.234. The summed E-state index contributed by atoms with van der Waals surface area (Å²) in [5, 5.41) is 3.71. The zero-order valence-corrected chi connectivity index (χ0v) is 14.0. The van der Waals surface area contributed by atoms with Gasteiger partial charge in [-0.25, -0.2) is 0 Å². The normalized spacial score (nSPS) is 10.4. The van der Waals surface area contributed by atoms with Gasteiger partial charge in [-0.15, -0.1) is 0 Å². The van der Waals surface area contributed by atoms with Gasteiger partial charge in [0, 0.05) is 10.7 Å². The second-order valence-electron chi connectivity index (χ2n) is 4.92. The lowest BCUT2D eigenvalue weighted by Gasteiger charge is -2.11. The second kappa shape index (κ2) is 7.52. The molecule has 0 radical (unpaired) electrons. The number of amides is 1. The fourth-order valence-corrected chi connectivity index (χ4v) is 2.68. The van der Waals surface area contributed by atoms with Crippen LogP contribution in [0.3, 0.4) is 0 Å². The molecule has 0 aliphatic rings. The van der Waals surface area contributed by atoms with E-state index in [4.69, 9.17) is 27.9 Å². The first-order valence-corrected chi connectivity index (χ1v) is 7.72. The maximum Gasteiger partial charge on any atom is 0.262 e. The molecule has 0 aliphatic heterocycles. The van der Waals surface area contributed by atoms with E-state index >= 15 is 0 Å². The van der Waals surface area contributed by atoms with Crippen molar-refractivity contribution in [1.82, 2.24) is 0 Å². The Morgan fingerprint density at radius 3 is 2.45 bits per heavy atom. The molecule has 2 aromatic carbocycles. The van der Waals surface area contributed by atoms with Gasteiger partial charge in [-0.2, -0.15) is 0 Å². The van der Waals surface area contributed by atoms with Crippen molar-refractivity contribution in [2.24, 2.45) is 0 Å². The van der Waals surface area contributed by atoms with Gasteiger partial charge in [-0.1, -0.05) is 42.3 Å². The highest BCUT2D eigenvalue weighted by atomic mass is 35.5. The first-order chi connectivity index (χ1) is 10.5. The molecule has 0 aliphatic carbocycles. The minimum absolute atomic E-state index is 0.113. The monoisotopic (exact) mass is 337 g/mol. The molecule has 2 aromatic rings. The number of hydrogen-bond acceptors (Lipinski definition) is 2. The summed E-state index contributed by atoms with van der Waals surface area (Å²) in [6.45, 7) is 3.80. The van der Waals surface area contributed by atoms with Crippen LogP contribution in [-0.2, 0) is 11.2 Å². The van der Waals surface area contributed by atoms with Gasteiger partial charge in [0.1, 0.15) is 5.75 Å². The fourth-order valence-electron chi connectivity index (χ4n) is 2.03. The van der Waals surface area contributed by atoms with Gasteiger partial charge in [0.15, 0.2) is 6.61 Å². The highest BCUT2D eigenvalue weighted by Crippen LogP contribution is 2.31. The zero-order valence-electron chi connectivity index (χ0n) is 12.5. The van der Waals surface area contributed by atoms with Crippen LogP contribution in [0.5, 0.6) is 5.75 Å². The summed E-state index contributed by atoms with van der Waals surface area (Å²) < 4.78 is 5.50. The fraction of sp³-hybridized carbons (Fsp3) is 0.235. The molecule has 3 nitrogen and oxygen atoms in total. The highest BCUT2D eigenvalue weighted by Gasteiger charge is 2.10. The summed E-state index contributed by atoms with van der Waals surface area (Å²) in [7, 11) is 0. The summed E-state index contributed by atoms with van der Waals surface area (Å²) in [6, 6.07) is 11.0. The molecule has 0 saturated carbocycles. The number of anilines is 1. The topological polar surface area (TPSA) is 38.3 Å². The van der Waals surface area contributed by atoms with E-state index in [0.29, 0.717) is 15.8 Å². The molecule has 1 N–H and O–H groups in total. The molecule has 116 valence electrons. The Morgan fingerprint density at radius 2 is 1.86 bits per heavy atom. The molecule has 0 bridgehead atoms. The number of rotatable bonds is 5. The van der Waals surface area contributed by atoms with Crippen LogP contribution >= 0.6 is 23.2 Å². The van der Waals surface area contributed by atoms with E-state index < -0.39 is 0 Å². The van der Waals surface area contributed by atoms with Gasteiger partial charge in [-0.3, -0.25) is 4.79 Å². The molecule has 0 saturated heterocycles. The predicted molar refractivity (Wildman–Crippen MR) is 91.1 cm³/mol. The van der Waals surface area contributed by atoms with Crippen molar-refractivity contribution in [2.45, 2.75) is 20.3 Å². The van der Waals surface area contributed by atoms with Crippen LogP contribution in [0.4, 0.5) is 5.69 Å². The van der Waals surface area contributed by atoms with Crippen LogP contribution in [0.2, 0.25) is 10.0 Å². The molecule has 0 spiro atoms. The number of carbonyl (C=O) groups excluding carboxylic acids is 1. The smallest absolute Gasteiger partial charge is 0.262 e. The number of aryl methyl sites for hydroxylation is 2. The van der Waals surface area contributed by atoms with Crippen LogP contribution < -0.4 is 10.1 Å². The van der Waals surface area contributed by atoms with Crippen molar-refractivity contribution < 1.29 is 9.53 Å². The van der Waals surface area contributed by atoms with Gasteiger partial charge in [0.25, 0.3) is 5.91 Å². The largest absolute Gasteiger partial charge is 0.482 e. The van der Waals surface area contributed by atoms with Gasteiger partial charge >= 0.3 is 0 Å². The Kier molecular flexibility index (Phi) is 5.69. The third-order valence-corrected chi connectivity index (χ3v) is 3.69. The SMILES string of the molecule is CCc1ccc(NC(=O)COc2c(C)cc(Cl)cc2Cl)cc1. The van der Waals surface area contributed by atoms with E-state index in [0.717, 1.165) is 17.7 Å². The maximum atomic E-state index is 11.9. The number of halogens is 2. The molecule has 0 aromatic heterocycles. The minimum atomic E-state index is -0.241. The number of hydrogen-bond donors (Lipinski definition) is 1. The lowest BCUT2D eigenvalue weighted by molar-refractivity contribution is -0.118. The predicted octanol–water partition coefficient (Wildman–Crippen LogP) is 4.88. The molecule has 0 unspecified atom stereocenters. The third-order valence-electron chi connectivity index (χ3n) is 3.19. The minimum Gasteiger partial charge on any atom is -0.482 e. The zero-order chi connectivity index (χ0) is 16.1. The van der Waals surface area contributed by atoms with E-state index in [1.165, 1.54) is 5.56 Å². The summed E-state index contributed by atoms with van der Waals surface area (Å²) in [6.07, 6.45) is 0.964. The molecule has 0 atom stereocenters. The quantitative estimate of drug-likeness (QED) is 0.844. The summed E-state index contributed by atoms with van der Waals surface area (Å²) >= 11 is 12.0. The van der Waals surface area contributed by atoms with Gasteiger partial charge in [0.2, 0.25) is 0 Å². The van der Waals surface area contributed by atoms with E-state index in [2.05, 4.69) is 12.2 Å². The Bertz CT molecular complexity index is 646. The van der Waals surface area contributed by atoms with E-state index in [1.807, 2.05) is 31.2 Å².